The highest BCUT2D eigenvalue weighted by molar-refractivity contribution is 5.94. The Hall–Kier alpha value is -1.92. The molecule has 3 rings (SSSR count). The van der Waals surface area contributed by atoms with Crippen LogP contribution >= 0.6 is 12.4 Å². The van der Waals surface area contributed by atoms with Gasteiger partial charge in [-0.05, 0) is 50.9 Å². The number of fused-ring (bicyclic) bond motifs is 1. The van der Waals surface area contributed by atoms with Crippen molar-refractivity contribution in [1.29, 1.82) is 0 Å². The molecule has 3 heterocycles. The Morgan fingerprint density at radius 1 is 1.36 bits per heavy atom. The maximum atomic E-state index is 13.0. The zero-order valence-electron chi connectivity index (χ0n) is 14.7. The first-order valence-corrected chi connectivity index (χ1v) is 8.61. The molecule has 2 aromatic heterocycles. The average molecular weight is 365 g/mol. The fraction of sp³-hybridized carbons (Fsp3) is 0.500. The molecule has 0 atom stereocenters. The van der Waals surface area contributed by atoms with Gasteiger partial charge in [-0.1, -0.05) is 13.0 Å². The lowest BCUT2D eigenvalue weighted by Gasteiger charge is -2.34. The quantitative estimate of drug-likeness (QED) is 0.901. The highest BCUT2D eigenvalue weighted by Gasteiger charge is 2.27. The van der Waals surface area contributed by atoms with Crippen molar-refractivity contribution in [3.8, 4) is 0 Å². The minimum atomic E-state index is -0.288. The van der Waals surface area contributed by atoms with E-state index in [-0.39, 0.29) is 35.5 Å². The van der Waals surface area contributed by atoms with Crippen LogP contribution in [-0.2, 0) is 0 Å². The Labute approximate surface area is 153 Å². The molecule has 0 radical (unpaired) electrons. The molecule has 1 fully saturated rings. The molecule has 0 unspecified atom stereocenters. The average Bonchev–Trinajstić information content (AvgIpc) is 2.61. The van der Waals surface area contributed by atoms with E-state index >= 15 is 0 Å². The Bertz CT molecular complexity index is 799. The van der Waals surface area contributed by atoms with Gasteiger partial charge in [0.25, 0.3) is 11.5 Å². The summed E-state index contributed by atoms with van der Waals surface area (Å²) in [5.41, 5.74) is 1.39. The molecule has 0 saturated carbocycles. The number of aryl methyl sites for hydroxylation is 1. The summed E-state index contributed by atoms with van der Waals surface area (Å²) in [6.07, 6.45) is 5.88. The topological polar surface area (TPSA) is 66.7 Å². The van der Waals surface area contributed by atoms with E-state index in [2.05, 4.69) is 17.2 Å². The lowest BCUT2D eigenvalue weighted by molar-refractivity contribution is 0.0640. The second kappa shape index (κ2) is 8.45. The first kappa shape index (κ1) is 19.4. The van der Waals surface area contributed by atoms with Crippen LogP contribution in [0.4, 0.5) is 0 Å². The van der Waals surface area contributed by atoms with E-state index in [4.69, 9.17) is 0 Å². The molecule has 1 aliphatic rings. The molecule has 0 spiro atoms. The summed E-state index contributed by atoms with van der Waals surface area (Å²) in [4.78, 5) is 32.0. The maximum absolute atomic E-state index is 13.0. The van der Waals surface area contributed by atoms with Gasteiger partial charge in [-0.2, -0.15) is 0 Å². The predicted molar refractivity (Wildman–Crippen MR) is 101 cm³/mol. The standard InChI is InChI=1S/C18H24N4O2.ClH/c1-3-10-21(14-6-8-19-9-7-14)17(23)15-11-20-16-5-4-13(2)12-22(16)18(15)24;/h4-5,11-12,14,19H,3,6-10H2,1-2H3;1H. The Morgan fingerprint density at radius 2 is 2.08 bits per heavy atom. The van der Waals surface area contributed by atoms with E-state index < -0.39 is 0 Å². The summed E-state index contributed by atoms with van der Waals surface area (Å²) < 4.78 is 1.47. The van der Waals surface area contributed by atoms with Crippen LogP contribution in [0.15, 0.2) is 29.3 Å². The summed E-state index contributed by atoms with van der Waals surface area (Å²) >= 11 is 0. The lowest BCUT2D eigenvalue weighted by Crippen LogP contribution is -2.47. The van der Waals surface area contributed by atoms with Crippen molar-refractivity contribution in [2.45, 2.75) is 39.2 Å². The number of piperidine rings is 1. The van der Waals surface area contributed by atoms with E-state index in [9.17, 15) is 9.59 Å². The van der Waals surface area contributed by atoms with Gasteiger partial charge in [0.1, 0.15) is 11.2 Å². The van der Waals surface area contributed by atoms with Gasteiger partial charge in [-0.3, -0.25) is 14.0 Å². The fourth-order valence-corrected chi connectivity index (χ4v) is 3.29. The molecule has 2 aromatic rings. The van der Waals surface area contributed by atoms with Crippen LogP contribution in [-0.4, -0.2) is 45.9 Å². The third kappa shape index (κ3) is 4.02. The van der Waals surface area contributed by atoms with Crippen LogP contribution in [0, 0.1) is 6.92 Å². The predicted octanol–water partition coefficient (Wildman–Crippen LogP) is 2.03. The van der Waals surface area contributed by atoms with E-state index in [0.29, 0.717) is 12.2 Å². The van der Waals surface area contributed by atoms with E-state index in [1.54, 1.807) is 12.3 Å². The molecule has 1 N–H and O–H groups in total. The molecule has 7 heteroatoms. The number of rotatable bonds is 4. The van der Waals surface area contributed by atoms with Crippen LogP contribution in [0.1, 0.15) is 42.1 Å². The summed E-state index contributed by atoms with van der Waals surface area (Å²) in [5, 5.41) is 3.32. The second-order valence-electron chi connectivity index (χ2n) is 6.39. The molecule has 136 valence electrons. The van der Waals surface area contributed by atoms with Gasteiger partial charge in [0, 0.05) is 25.0 Å². The molecule has 0 bridgehead atoms. The van der Waals surface area contributed by atoms with Crippen molar-refractivity contribution < 1.29 is 4.79 Å². The summed E-state index contributed by atoms with van der Waals surface area (Å²) in [7, 11) is 0. The zero-order chi connectivity index (χ0) is 17.1. The van der Waals surface area contributed by atoms with E-state index in [1.165, 1.54) is 10.6 Å². The van der Waals surface area contributed by atoms with Crippen molar-refractivity contribution >= 4 is 24.0 Å². The van der Waals surface area contributed by atoms with Crippen LogP contribution in [0.3, 0.4) is 0 Å². The molecular weight excluding hydrogens is 340 g/mol. The van der Waals surface area contributed by atoms with Crippen LogP contribution < -0.4 is 10.9 Å². The second-order valence-corrected chi connectivity index (χ2v) is 6.39. The lowest BCUT2D eigenvalue weighted by atomic mass is 10.0. The molecule has 1 amide bonds. The van der Waals surface area contributed by atoms with Crippen molar-refractivity contribution in [2.75, 3.05) is 19.6 Å². The maximum Gasteiger partial charge on any atom is 0.270 e. The number of aromatic nitrogens is 2. The molecule has 1 saturated heterocycles. The third-order valence-electron chi connectivity index (χ3n) is 4.56. The Morgan fingerprint density at radius 3 is 2.76 bits per heavy atom. The number of nitrogens with one attached hydrogen (secondary N) is 1. The van der Waals surface area contributed by atoms with Crippen LogP contribution in [0.25, 0.3) is 5.65 Å². The number of pyridine rings is 1. The third-order valence-corrected chi connectivity index (χ3v) is 4.56. The van der Waals surface area contributed by atoms with E-state index in [1.807, 2.05) is 17.9 Å². The minimum Gasteiger partial charge on any atom is -0.335 e. The van der Waals surface area contributed by atoms with Crippen molar-refractivity contribution in [2.24, 2.45) is 0 Å². The molecule has 0 aliphatic carbocycles. The number of hydrogen-bond donors (Lipinski definition) is 1. The summed E-state index contributed by atoms with van der Waals surface area (Å²) in [6.45, 7) is 6.45. The van der Waals surface area contributed by atoms with Crippen molar-refractivity contribution in [3.63, 3.8) is 0 Å². The number of carbonyl (C=O) groups is 1. The fourth-order valence-electron chi connectivity index (χ4n) is 3.29. The van der Waals surface area contributed by atoms with E-state index in [0.717, 1.165) is 37.9 Å². The number of halogens is 1. The molecule has 1 aliphatic heterocycles. The minimum absolute atomic E-state index is 0. The van der Waals surface area contributed by atoms with Crippen molar-refractivity contribution in [3.05, 3.63) is 46.0 Å². The van der Waals surface area contributed by atoms with Gasteiger partial charge >= 0.3 is 0 Å². The SMILES string of the molecule is CCCN(C(=O)c1cnc2ccc(C)cn2c1=O)C1CCNCC1.Cl. The van der Waals surface area contributed by atoms with Gasteiger partial charge in [-0.15, -0.1) is 12.4 Å². The number of nitrogens with zero attached hydrogens (tertiary/aromatic N) is 3. The number of amides is 1. The Balaban J connectivity index is 0.00000225. The summed E-state index contributed by atoms with van der Waals surface area (Å²) in [6, 6.07) is 3.89. The summed E-state index contributed by atoms with van der Waals surface area (Å²) in [5.74, 6) is -0.197. The monoisotopic (exact) mass is 364 g/mol. The Kier molecular flexibility index (Phi) is 6.56. The highest BCUT2D eigenvalue weighted by atomic mass is 35.5. The van der Waals surface area contributed by atoms with Gasteiger partial charge in [0.15, 0.2) is 0 Å². The number of carbonyl (C=O) groups excluding carboxylic acids is 1. The van der Waals surface area contributed by atoms with Gasteiger partial charge in [0.05, 0.1) is 0 Å². The van der Waals surface area contributed by atoms with Crippen LogP contribution in [0.2, 0.25) is 0 Å². The zero-order valence-corrected chi connectivity index (χ0v) is 15.5. The molecule has 25 heavy (non-hydrogen) atoms. The first-order chi connectivity index (χ1) is 11.6. The molecule has 6 nitrogen and oxygen atoms in total. The largest absolute Gasteiger partial charge is 0.335 e. The normalized spacial score (nSPS) is 15.0. The van der Waals surface area contributed by atoms with Gasteiger partial charge in [0.2, 0.25) is 0 Å². The highest BCUT2D eigenvalue weighted by Crippen LogP contribution is 2.15. The number of hydrogen-bond acceptors (Lipinski definition) is 4. The smallest absolute Gasteiger partial charge is 0.270 e. The molecule has 0 aromatic carbocycles. The van der Waals surface area contributed by atoms with Crippen LogP contribution in [0.5, 0.6) is 0 Å². The first-order valence-electron chi connectivity index (χ1n) is 8.61. The molecular formula is C18H25ClN4O2. The van der Waals surface area contributed by atoms with Crippen molar-refractivity contribution in [1.82, 2.24) is 19.6 Å². The van der Waals surface area contributed by atoms with Gasteiger partial charge in [-0.25, -0.2) is 4.98 Å². The van der Waals surface area contributed by atoms with Gasteiger partial charge < -0.3 is 10.2 Å².